The van der Waals surface area contributed by atoms with E-state index in [1.54, 1.807) is 20.8 Å². The molecule has 0 unspecified atom stereocenters. The van der Waals surface area contributed by atoms with Crippen LogP contribution in [0.2, 0.25) is 0 Å². The number of piperidine rings is 1. The lowest BCUT2D eigenvalue weighted by Crippen LogP contribution is -2.52. The first-order valence-corrected chi connectivity index (χ1v) is 5.73. The van der Waals surface area contributed by atoms with E-state index in [0.29, 0.717) is 19.4 Å². The van der Waals surface area contributed by atoms with Crippen LogP contribution in [0.15, 0.2) is 0 Å². The molecule has 0 saturated carbocycles. The number of hydrogen-bond acceptors (Lipinski definition) is 4. The number of aliphatic carboxylic acids is 1. The second-order valence-corrected chi connectivity index (χ2v) is 5.22. The van der Waals surface area contributed by atoms with Gasteiger partial charge in [-0.2, -0.15) is 0 Å². The largest absolute Gasteiger partial charge is 0.480 e. The molecule has 98 valence electrons. The molecule has 0 aromatic carbocycles. The molecular formula is C11H20N2O4. The Kier molecular flexibility index (Phi) is 4.34. The number of carboxylic acids is 1. The van der Waals surface area contributed by atoms with Crippen molar-refractivity contribution in [2.24, 2.45) is 0 Å². The summed E-state index contributed by atoms with van der Waals surface area (Å²) >= 11 is 0. The van der Waals surface area contributed by atoms with Crippen LogP contribution in [0.25, 0.3) is 0 Å². The van der Waals surface area contributed by atoms with Crippen LogP contribution in [0.1, 0.15) is 33.6 Å². The molecule has 6 heteroatoms. The first-order chi connectivity index (χ1) is 7.78. The summed E-state index contributed by atoms with van der Waals surface area (Å²) in [6, 6.07) is -0.577. The number of carbonyl (C=O) groups is 2. The number of rotatable bonds is 2. The van der Waals surface area contributed by atoms with E-state index in [1.165, 1.54) is 0 Å². The first-order valence-electron chi connectivity index (χ1n) is 5.73. The van der Waals surface area contributed by atoms with Crippen LogP contribution in [-0.2, 0) is 9.53 Å². The van der Waals surface area contributed by atoms with Gasteiger partial charge in [0, 0.05) is 12.6 Å². The molecule has 1 amide bonds. The highest BCUT2D eigenvalue weighted by molar-refractivity contribution is 5.73. The maximum Gasteiger partial charge on any atom is 0.407 e. The Bertz CT molecular complexity index is 290. The molecule has 0 radical (unpaired) electrons. The van der Waals surface area contributed by atoms with Gasteiger partial charge in [-0.1, -0.05) is 0 Å². The van der Waals surface area contributed by atoms with Crippen molar-refractivity contribution in [3.8, 4) is 0 Å². The van der Waals surface area contributed by atoms with Gasteiger partial charge in [0.1, 0.15) is 11.6 Å². The van der Waals surface area contributed by atoms with Crippen LogP contribution in [-0.4, -0.2) is 41.4 Å². The topological polar surface area (TPSA) is 87.7 Å². The van der Waals surface area contributed by atoms with Crippen molar-refractivity contribution in [1.29, 1.82) is 0 Å². The summed E-state index contributed by atoms with van der Waals surface area (Å²) in [4.78, 5) is 22.2. The SMILES string of the molecule is CC(C)(C)OC(=O)N[C@H]1CC[C@@H](C(=O)O)NC1. The number of nitrogens with one attached hydrogen (secondary N) is 2. The molecule has 1 aliphatic rings. The zero-order chi connectivity index (χ0) is 13.1. The minimum atomic E-state index is -0.847. The molecule has 1 heterocycles. The van der Waals surface area contributed by atoms with Gasteiger partial charge in [0.25, 0.3) is 0 Å². The highest BCUT2D eigenvalue weighted by Crippen LogP contribution is 2.10. The Balaban J connectivity index is 2.31. The molecule has 1 fully saturated rings. The maximum absolute atomic E-state index is 11.5. The normalized spacial score (nSPS) is 25.1. The lowest BCUT2D eigenvalue weighted by atomic mass is 10.0. The van der Waals surface area contributed by atoms with Gasteiger partial charge in [-0.3, -0.25) is 4.79 Å². The fourth-order valence-corrected chi connectivity index (χ4v) is 1.66. The Morgan fingerprint density at radius 1 is 1.35 bits per heavy atom. The van der Waals surface area contributed by atoms with Crippen molar-refractivity contribution in [1.82, 2.24) is 10.6 Å². The van der Waals surface area contributed by atoms with Crippen LogP contribution < -0.4 is 10.6 Å². The van der Waals surface area contributed by atoms with Gasteiger partial charge in [-0.15, -0.1) is 0 Å². The third-order valence-corrected chi connectivity index (χ3v) is 2.43. The van der Waals surface area contributed by atoms with Crippen molar-refractivity contribution < 1.29 is 19.4 Å². The number of carbonyl (C=O) groups excluding carboxylic acids is 1. The number of amides is 1. The molecule has 0 aliphatic carbocycles. The van der Waals surface area contributed by atoms with E-state index in [0.717, 1.165) is 0 Å². The first kappa shape index (κ1) is 13.8. The zero-order valence-electron chi connectivity index (χ0n) is 10.4. The molecular weight excluding hydrogens is 224 g/mol. The molecule has 1 aliphatic heterocycles. The number of ether oxygens (including phenoxy) is 1. The van der Waals surface area contributed by atoms with Gasteiger partial charge < -0.3 is 20.5 Å². The third-order valence-electron chi connectivity index (χ3n) is 2.43. The quantitative estimate of drug-likeness (QED) is 0.666. The van der Waals surface area contributed by atoms with Crippen LogP contribution in [0.5, 0.6) is 0 Å². The number of alkyl carbamates (subject to hydrolysis) is 1. The predicted molar refractivity (Wildman–Crippen MR) is 61.8 cm³/mol. The van der Waals surface area contributed by atoms with Crippen LogP contribution in [0.4, 0.5) is 4.79 Å². The summed E-state index contributed by atoms with van der Waals surface area (Å²) in [6.07, 6.45) is 0.692. The van der Waals surface area contributed by atoms with Gasteiger partial charge in [0.05, 0.1) is 0 Å². The van der Waals surface area contributed by atoms with Crippen LogP contribution in [0.3, 0.4) is 0 Å². The van der Waals surface area contributed by atoms with E-state index in [2.05, 4.69) is 10.6 Å². The third kappa shape index (κ3) is 5.04. The van der Waals surface area contributed by atoms with Crippen molar-refractivity contribution in [2.75, 3.05) is 6.54 Å². The molecule has 0 aromatic rings. The summed E-state index contributed by atoms with van der Waals surface area (Å²) in [7, 11) is 0. The summed E-state index contributed by atoms with van der Waals surface area (Å²) in [6.45, 7) is 5.85. The Labute approximate surface area is 101 Å². The maximum atomic E-state index is 11.5. The molecule has 0 aromatic heterocycles. The van der Waals surface area contributed by atoms with Crippen molar-refractivity contribution in [3.63, 3.8) is 0 Å². The van der Waals surface area contributed by atoms with Crippen molar-refractivity contribution in [2.45, 2.75) is 51.3 Å². The monoisotopic (exact) mass is 244 g/mol. The van der Waals surface area contributed by atoms with E-state index >= 15 is 0 Å². The summed E-state index contributed by atoms with van der Waals surface area (Å²) in [5.41, 5.74) is -0.518. The average Bonchev–Trinajstić information content (AvgIpc) is 2.15. The summed E-state index contributed by atoms with van der Waals surface area (Å²) < 4.78 is 5.12. The van der Waals surface area contributed by atoms with Crippen LogP contribution >= 0.6 is 0 Å². The fourth-order valence-electron chi connectivity index (χ4n) is 1.66. The highest BCUT2D eigenvalue weighted by Gasteiger charge is 2.27. The highest BCUT2D eigenvalue weighted by atomic mass is 16.6. The zero-order valence-corrected chi connectivity index (χ0v) is 10.4. The van der Waals surface area contributed by atoms with Gasteiger partial charge in [-0.05, 0) is 33.6 Å². The Hall–Kier alpha value is -1.30. The van der Waals surface area contributed by atoms with E-state index < -0.39 is 23.7 Å². The average molecular weight is 244 g/mol. The Morgan fingerprint density at radius 2 is 2.00 bits per heavy atom. The second kappa shape index (κ2) is 5.35. The molecule has 1 rings (SSSR count). The molecule has 0 bridgehead atoms. The molecule has 0 spiro atoms. The van der Waals surface area contributed by atoms with Crippen molar-refractivity contribution in [3.05, 3.63) is 0 Å². The minimum Gasteiger partial charge on any atom is -0.480 e. The number of carboxylic acid groups (broad SMARTS) is 1. The van der Waals surface area contributed by atoms with E-state index in [4.69, 9.17) is 9.84 Å². The molecule has 3 N–H and O–H groups in total. The molecule has 2 atom stereocenters. The van der Waals surface area contributed by atoms with Gasteiger partial charge in [-0.25, -0.2) is 4.79 Å². The Morgan fingerprint density at radius 3 is 2.41 bits per heavy atom. The minimum absolute atomic E-state index is 0.0690. The lowest BCUT2D eigenvalue weighted by molar-refractivity contribution is -0.140. The van der Waals surface area contributed by atoms with Gasteiger partial charge in [0.2, 0.25) is 0 Å². The molecule has 6 nitrogen and oxygen atoms in total. The summed E-state index contributed by atoms with van der Waals surface area (Å²) in [5.74, 6) is -0.847. The predicted octanol–water partition coefficient (Wildman–Crippen LogP) is 0.716. The van der Waals surface area contributed by atoms with E-state index in [1.807, 2.05) is 0 Å². The standard InChI is InChI=1S/C11H20N2O4/c1-11(2,3)17-10(16)13-7-4-5-8(9(14)15)12-6-7/h7-8,12H,4-6H2,1-3H3,(H,13,16)(H,14,15)/t7-,8-/m0/s1. The van der Waals surface area contributed by atoms with E-state index in [9.17, 15) is 9.59 Å². The lowest BCUT2D eigenvalue weighted by Gasteiger charge is -2.29. The van der Waals surface area contributed by atoms with Crippen molar-refractivity contribution >= 4 is 12.1 Å². The summed E-state index contributed by atoms with van der Waals surface area (Å²) in [5, 5.41) is 14.4. The molecule has 17 heavy (non-hydrogen) atoms. The van der Waals surface area contributed by atoms with Gasteiger partial charge in [0.15, 0.2) is 0 Å². The fraction of sp³-hybridized carbons (Fsp3) is 0.818. The van der Waals surface area contributed by atoms with E-state index in [-0.39, 0.29) is 6.04 Å². The van der Waals surface area contributed by atoms with Gasteiger partial charge >= 0.3 is 12.1 Å². The molecule has 1 saturated heterocycles. The van der Waals surface area contributed by atoms with Crippen LogP contribution in [0, 0.1) is 0 Å². The number of hydrogen-bond donors (Lipinski definition) is 3. The smallest absolute Gasteiger partial charge is 0.407 e. The second-order valence-electron chi connectivity index (χ2n) is 5.22.